The summed E-state index contributed by atoms with van der Waals surface area (Å²) < 4.78 is 0. The first-order chi connectivity index (χ1) is 9.47. The van der Waals surface area contributed by atoms with Crippen LogP contribution in [0, 0.1) is 0 Å². The third kappa shape index (κ3) is 2.83. The fraction of sp³-hybridized carbons (Fsp3) is 0.353. The fourth-order valence-corrected chi connectivity index (χ4v) is 2.33. The molecule has 0 spiro atoms. The van der Waals surface area contributed by atoms with Gasteiger partial charge in [0.05, 0.1) is 12.3 Å². The minimum absolute atomic E-state index is 0.0517. The Bertz CT molecular complexity index is 614. The topological polar surface area (TPSA) is 36.4 Å². The normalized spacial score (nSPS) is 11.6. The number of aromatic nitrogens is 1. The molecule has 0 radical (unpaired) electrons. The van der Waals surface area contributed by atoms with Crippen molar-refractivity contribution in [1.29, 1.82) is 0 Å². The highest BCUT2D eigenvalue weighted by molar-refractivity contribution is 5.92. The highest BCUT2D eigenvalue weighted by atomic mass is 16.3. The predicted molar refractivity (Wildman–Crippen MR) is 85.0 cm³/mol. The second-order valence-electron chi connectivity index (χ2n) is 5.89. The molecule has 0 unspecified atom stereocenters. The van der Waals surface area contributed by atoms with Gasteiger partial charge in [0, 0.05) is 17.5 Å². The van der Waals surface area contributed by atoms with E-state index >= 15 is 0 Å². The van der Waals surface area contributed by atoms with E-state index in [9.17, 15) is 5.11 Å². The number of pyridine rings is 1. The molecular weight excluding hydrogens is 248 g/mol. The molecule has 0 atom stereocenters. The average Bonchev–Trinajstić information content (AvgIpc) is 2.42. The summed E-state index contributed by atoms with van der Waals surface area (Å²) >= 11 is 0. The first-order valence-corrected chi connectivity index (χ1v) is 6.85. The number of aliphatic hydroxyl groups excluding tert-OH is 1. The lowest BCUT2D eigenvalue weighted by atomic mass is 10.0. The van der Waals surface area contributed by atoms with Gasteiger partial charge < -0.3 is 10.0 Å². The molecule has 0 bridgehead atoms. The van der Waals surface area contributed by atoms with Crippen LogP contribution in [-0.4, -0.2) is 22.2 Å². The molecule has 1 aromatic heterocycles. The Balaban J connectivity index is 2.69. The van der Waals surface area contributed by atoms with Crippen molar-refractivity contribution in [2.45, 2.75) is 32.9 Å². The molecule has 106 valence electrons. The van der Waals surface area contributed by atoms with E-state index in [0.29, 0.717) is 5.69 Å². The lowest BCUT2D eigenvalue weighted by Gasteiger charge is -2.37. The predicted octanol–water partition coefficient (Wildman–Crippen LogP) is 3.52. The quantitative estimate of drug-likeness (QED) is 0.864. The first kappa shape index (κ1) is 14.5. The lowest BCUT2D eigenvalue weighted by Crippen LogP contribution is -2.42. The van der Waals surface area contributed by atoms with E-state index in [2.05, 4.69) is 49.4 Å². The fourth-order valence-electron chi connectivity index (χ4n) is 2.33. The molecule has 0 aliphatic carbocycles. The van der Waals surface area contributed by atoms with Crippen molar-refractivity contribution >= 4 is 16.6 Å². The van der Waals surface area contributed by atoms with Gasteiger partial charge in [0.25, 0.3) is 0 Å². The summed E-state index contributed by atoms with van der Waals surface area (Å²) in [6.07, 6.45) is 1.88. The standard InChI is InChI=1S/C17H22N2O/c1-5-10-19(17(2,3)4)16-15-9-7-6-8-13(15)11-14(12-20)18-16/h5-9,11,20H,1,10,12H2,2-4H3. The Morgan fingerprint density at radius 3 is 2.60 bits per heavy atom. The van der Waals surface area contributed by atoms with Crippen LogP contribution in [0.4, 0.5) is 5.82 Å². The number of fused-ring (bicyclic) bond motifs is 1. The third-order valence-corrected chi connectivity index (χ3v) is 3.31. The van der Waals surface area contributed by atoms with Crippen molar-refractivity contribution < 1.29 is 5.11 Å². The van der Waals surface area contributed by atoms with Crippen molar-refractivity contribution in [1.82, 2.24) is 4.98 Å². The summed E-state index contributed by atoms with van der Waals surface area (Å²) in [6.45, 7) is 11.0. The second-order valence-corrected chi connectivity index (χ2v) is 5.89. The Morgan fingerprint density at radius 1 is 1.30 bits per heavy atom. The van der Waals surface area contributed by atoms with Gasteiger partial charge in [-0.25, -0.2) is 4.98 Å². The minimum atomic E-state index is -0.0714. The molecular formula is C17H22N2O. The van der Waals surface area contributed by atoms with Gasteiger partial charge in [0.15, 0.2) is 0 Å². The van der Waals surface area contributed by atoms with Crippen LogP contribution in [0.5, 0.6) is 0 Å². The van der Waals surface area contributed by atoms with E-state index in [4.69, 9.17) is 0 Å². The highest BCUT2D eigenvalue weighted by Crippen LogP contribution is 2.30. The largest absolute Gasteiger partial charge is 0.390 e. The summed E-state index contributed by atoms with van der Waals surface area (Å²) in [5.74, 6) is 0.902. The van der Waals surface area contributed by atoms with E-state index < -0.39 is 0 Å². The zero-order valence-corrected chi connectivity index (χ0v) is 12.4. The number of nitrogens with zero attached hydrogens (tertiary/aromatic N) is 2. The molecule has 1 N–H and O–H groups in total. The van der Waals surface area contributed by atoms with Gasteiger partial charge in [-0.05, 0) is 32.2 Å². The molecule has 0 saturated heterocycles. The average molecular weight is 270 g/mol. The van der Waals surface area contributed by atoms with Crippen LogP contribution < -0.4 is 4.90 Å². The van der Waals surface area contributed by atoms with Gasteiger partial charge in [-0.15, -0.1) is 6.58 Å². The number of rotatable bonds is 4. The van der Waals surface area contributed by atoms with Crippen LogP contribution >= 0.6 is 0 Å². The number of hydrogen-bond donors (Lipinski definition) is 1. The molecule has 1 heterocycles. The molecule has 0 fully saturated rings. The lowest BCUT2D eigenvalue weighted by molar-refractivity contribution is 0.277. The van der Waals surface area contributed by atoms with E-state index in [0.717, 1.165) is 23.1 Å². The van der Waals surface area contributed by atoms with Crippen molar-refractivity contribution in [2.75, 3.05) is 11.4 Å². The summed E-state index contributed by atoms with van der Waals surface area (Å²) in [5.41, 5.74) is 0.620. The molecule has 3 nitrogen and oxygen atoms in total. The summed E-state index contributed by atoms with van der Waals surface area (Å²) in [4.78, 5) is 6.84. The minimum Gasteiger partial charge on any atom is -0.390 e. The van der Waals surface area contributed by atoms with E-state index in [1.165, 1.54) is 0 Å². The maximum absolute atomic E-state index is 9.43. The summed E-state index contributed by atoms with van der Waals surface area (Å²) in [6, 6.07) is 10.1. The Morgan fingerprint density at radius 2 is 2.00 bits per heavy atom. The van der Waals surface area contributed by atoms with Crippen LogP contribution in [0.25, 0.3) is 10.8 Å². The Hall–Kier alpha value is -1.87. The van der Waals surface area contributed by atoms with Gasteiger partial charge in [0.1, 0.15) is 5.82 Å². The zero-order chi connectivity index (χ0) is 14.8. The highest BCUT2D eigenvalue weighted by Gasteiger charge is 2.23. The van der Waals surface area contributed by atoms with E-state index in [1.807, 2.05) is 24.3 Å². The smallest absolute Gasteiger partial charge is 0.137 e. The molecule has 0 aliphatic rings. The first-order valence-electron chi connectivity index (χ1n) is 6.85. The molecule has 2 rings (SSSR count). The molecule has 1 aromatic carbocycles. The molecule has 0 amide bonds. The van der Waals surface area contributed by atoms with Crippen molar-refractivity contribution in [3.8, 4) is 0 Å². The maximum atomic E-state index is 9.43. The summed E-state index contributed by atoms with van der Waals surface area (Å²) in [5, 5.41) is 11.6. The number of benzene rings is 1. The van der Waals surface area contributed by atoms with Crippen LogP contribution in [-0.2, 0) is 6.61 Å². The number of anilines is 1. The van der Waals surface area contributed by atoms with Crippen LogP contribution in [0.15, 0.2) is 43.0 Å². The monoisotopic (exact) mass is 270 g/mol. The third-order valence-electron chi connectivity index (χ3n) is 3.31. The SMILES string of the molecule is C=CCN(c1nc(CO)cc2ccccc12)C(C)(C)C. The number of aliphatic hydroxyl groups is 1. The molecule has 2 aromatic rings. The maximum Gasteiger partial charge on any atom is 0.137 e. The Labute approximate surface area is 120 Å². The van der Waals surface area contributed by atoms with Gasteiger partial charge in [-0.1, -0.05) is 30.3 Å². The van der Waals surface area contributed by atoms with Gasteiger partial charge in [-0.3, -0.25) is 0 Å². The van der Waals surface area contributed by atoms with Gasteiger partial charge in [0.2, 0.25) is 0 Å². The van der Waals surface area contributed by atoms with Crippen molar-refractivity contribution in [2.24, 2.45) is 0 Å². The van der Waals surface area contributed by atoms with Gasteiger partial charge in [-0.2, -0.15) is 0 Å². The van der Waals surface area contributed by atoms with E-state index in [1.54, 1.807) is 0 Å². The van der Waals surface area contributed by atoms with Crippen LogP contribution in [0.3, 0.4) is 0 Å². The zero-order valence-electron chi connectivity index (χ0n) is 12.4. The summed E-state index contributed by atoms with van der Waals surface area (Å²) in [7, 11) is 0. The second kappa shape index (κ2) is 5.63. The van der Waals surface area contributed by atoms with Crippen LogP contribution in [0.1, 0.15) is 26.5 Å². The molecule has 0 aliphatic heterocycles. The van der Waals surface area contributed by atoms with E-state index in [-0.39, 0.29) is 12.1 Å². The Kier molecular flexibility index (Phi) is 4.09. The number of hydrogen-bond acceptors (Lipinski definition) is 3. The van der Waals surface area contributed by atoms with Crippen molar-refractivity contribution in [3.63, 3.8) is 0 Å². The van der Waals surface area contributed by atoms with Gasteiger partial charge >= 0.3 is 0 Å². The van der Waals surface area contributed by atoms with Crippen molar-refractivity contribution in [3.05, 3.63) is 48.7 Å². The molecule has 20 heavy (non-hydrogen) atoms. The molecule has 0 saturated carbocycles. The molecule has 3 heteroatoms. The van der Waals surface area contributed by atoms with Crippen LogP contribution in [0.2, 0.25) is 0 Å².